The highest BCUT2D eigenvalue weighted by Gasteiger charge is 2.32. The van der Waals surface area contributed by atoms with Crippen molar-refractivity contribution in [2.24, 2.45) is 0 Å². The molecule has 0 aliphatic carbocycles. The molecular weight excluding hydrogens is 210 g/mol. The van der Waals surface area contributed by atoms with E-state index < -0.39 is 0 Å². The molecule has 1 N–H and O–H groups in total. The van der Waals surface area contributed by atoms with E-state index in [2.05, 4.69) is 19.2 Å². The molecule has 0 fully saturated rings. The van der Waals surface area contributed by atoms with E-state index in [9.17, 15) is 0 Å². The number of hydrogen-bond donors (Lipinski definition) is 1. The Balaban J connectivity index is 2.32. The first-order valence-electron chi connectivity index (χ1n) is 5.45. The molecular formula is C12H16ClNO. The molecule has 2 nitrogen and oxygen atoms in total. The van der Waals surface area contributed by atoms with Crippen LogP contribution in [0.3, 0.4) is 0 Å². The Morgan fingerprint density at radius 3 is 2.87 bits per heavy atom. The first-order valence-corrected chi connectivity index (χ1v) is 5.83. The number of benzene rings is 1. The van der Waals surface area contributed by atoms with Crippen molar-refractivity contribution in [2.45, 2.75) is 32.4 Å². The SMILES string of the molecule is CCNC1c2cc(Cl)ccc2OC1CC. The van der Waals surface area contributed by atoms with Crippen LogP contribution in [0.4, 0.5) is 0 Å². The van der Waals surface area contributed by atoms with Gasteiger partial charge in [-0.05, 0) is 31.2 Å². The number of ether oxygens (including phenoxy) is 1. The second kappa shape index (κ2) is 4.42. The summed E-state index contributed by atoms with van der Waals surface area (Å²) in [5.74, 6) is 0.970. The highest BCUT2D eigenvalue weighted by molar-refractivity contribution is 6.30. The number of hydrogen-bond acceptors (Lipinski definition) is 2. The average molecular weight is 226 g/mol. The summed E-state index contributed by atoms with van der Waals surface area (Å²) in [5, 5.41) is 4.22. The van der Waals surface area contributed by atoms with Crippen molar-refractivity contribution in [1.82, 2.24) is 5.32 Å². The molecule has 1 aromatic rings. The number of nitrogens with one attached hydrogen (secondary N) is 1. The lowest BCUT2D eigenvalue weighted by Crippen LogP contribution is -2.30. The van der Waals surface area contributed by atoms with E-state index in [-0.39, 0.29) is 12.1 Å². The molecule has 2 atom stereocenters. The molecule has 3 heteroatoms. The molecule has 2 unspecified atom stereocenters. The van der Waals surface area contributed by atoms with Gasteiger partial charge >= 0.3 is 0 Å². The largest absolute Gasteiger partial charge is 0.488 e. The minimum atomic E-state index is 0.235. The molecule has 0 radical (unpaired) electrons. The predicted octanol–water partition coefficient (Wildman–Crippen LogP) is 3.16. The zero-order chi connectivity index (χ0) is 10.8. The van der Waals surface area contributed by atoms with E-state index in [0.717, 1.165) is 23.7 Å². The van der Waals surface area contributed by atoms with Crippen LogP contribution in [0.2, 0.25) is 5.02 Å². The van der Waals surface area contributed by atoms with Crippen molar-refractivity contribution in [3.8, 4) is 5.75 Å². The summed E-state index contributed by atoms with van der Waals surface area (Å²) < 4.78 is 5.86. The molecule has 0 amide bonds. The maximum absolute atomic E-state index is 6.00. The second-order valence-electron chi connectivity index (χ2n) is 3.78. The third-order valence-corrected chi connectivity index (χ3v) is 3.02. The molecule has 0 aromatic heterocycles. The van der Waals surface area contributed by atoms with Gasteiger partial charge in [0, 0.05) is 10.6 Å². The molecule has 0 bridgehead atoms. The van der Waals surface area contributed by atoms with Crippen LogP contribution in [0.1, 0.15) is 31.9 Å². The summed E-state index contributed by atoms with van der Waals surface area (Å²) in [6.07, 6.45) is 1.24. The number of halogens is 1. The van der Waals surface area contributed by atoms with Gasteiger partial charge in [0.2, 0.25) is 0 Å². The van der Waals surface area contributed by atoms with Gasteiger partial charge in [-0.2, -0.15) is 0 Å². The van der Waals surface area contributed by atoms with E-state index in [0.29, 0.717) is 0 Å². The van der Waals surface area contributed by atoms with Crippen LogP contribution in [0.25, 0.3) is 0 Å². The van der Waals surface area contributed by atoms with Crippen molar-refractivity contribution >= 4 is 11.6 Å². The lowest BCUT2D eigenvalue weighted by Gasteiger charge is -2.17. The third-order valence-electron chi connectivity index (χ3n) is 2.78. The molecule has 1 aliphatic heterocycles. The fraction of sp³-hybridized carbons (Fsp3) is 0.500. The molecule has 15 heavy (non-hydrogen) atoms. The Hall–Kier alpha value is -0.730. The summed E-state index contributed by atoms with van der Waals surface area (Å²) in [5.41, 5.74) is 1.19. The fourth-order valence-electron chi connectivity index (χ4n) is 2.08. The Labute approximate surface area is 95.6 Å². The lowest BCUT2D eigenvalue weighted by atomic mass is 10.0. The zero-order valence-corrected chi connectivity index (χ0v) is 9.84. The maximum Gasteiger partial charge on any atom is 0.124 e. The number of likely N-dealkylation sites (N-methyl/N-ethyl adjacent to an activating group) is 1. The molecule has 1 aliphatic rings. The van der Waals surface area contributed by atoms with E-state index >= 15 is 0 Å². The highest BCUT2D eigenvalue weighted by atomic mass is 35.5. The van der Waals surface area contributed by atoms with Crippen LogP contribution in [0.15, 0.2) is 18.2 Å². The normalized spacial score (nSPS) is 23.7. The Morgan fingerprint density at radius 1 is 1.40 bits per heavy atom. The quantitative estimate of drug-likeness (QED) is 0.853. The van der Waals surface area contributed by atoms with Crippen LogP contribution in [0, 0.1) is 0 Å². The molecule has 1 aromatic carbocycles. The van der Waals surface area contributed by atoms with Crippen molar-refractivity contribution in [3.63, 3.8) is 0 Å². The minimum absolute atomic E-state index is 0.235. The van der Waals surface area contributed by atoms with Crippen molar-refractivity contribution < 1.29 is 4.74 Å². The number of rotatable bonds is 3. The number of fused-ring (bicyclic) bond motifs is 1. The van der Waals surface area contributed by atoms with Crippen molar-refractivity contribution in [2.75, 3.05) is 6.54 Å². The van der Waals surface area contributed by atoms with Crippen LogP contribution in [0.5, 0.6) is 5.75 Å². The summed E-state index contributed by atoms with van der Waals surface area (Å²) >= 11 is 6.00. The molecule has 0 spiro atoms. The molecule has 82 valence electrons. The zero-order valence-electron chi connectivity index (χ0n) is 9.09. The maximum atomic E-state index is 6.00. The summed E-state index contributed by atoms with van der Waals surface area (Å²) in [6.45, 7) is 5.19. The Bertz CT molecular complexity index is 353. The Kier molecular flexibility index (Phi) is 3.17. The van der Waals surface area contributed by atoms with Gasteiger partial charge in [0.1, 0.15) is 11.9 Å². The van der Waals surface area contributed by atoms with Crippen LogP contribution >= 0.6 is 11.6 Å². The van der Waals surface area contributed by atoms with Crippen LogP contribution in [-0.4, -0.2) is 12.6 Å². The first kappa shape index (κ1) is 10.8. The lowest BCUT2D eigenvalue weighted by molar-refractivity contribution is 0.186. The van der Waals surface area contributed by atoms with E-state index in [4.69, 9.17) is 16.3 Å². The predicted molar refractivity (Wildman–Crippen MR) is 62.6 cm³/mol. The van der Waals surface area contributed by atoms with Gasteiger partial charge in [-0.3, -0.25) is 0 Å². The van der Waals surface area contributed by atoms with Gasteiger partial charge in [0.15, 0.2) is 0 Å². The van der Waals surface area contributed by atoms with Gasteiger partial charge in [0.25, 0.3) is 0 Å². The standard InChI is InChI=1S/C12H16ClNO/c1-3-10-12(14-4-2)9-7-8(13)5-6-11(9)15-10/h5-7,10,12,14H,3-4H2,1-2H3. The fourth-order valence-corrected chi connectivity index (χ4v) is 2.26. The monoisotopic (exact) mass is 225 g/mol. The van der Waals surface area contributed by atoms with Gasteiger partial charge in [-0.15, -0.1) is 0 Å². The van der Waals surface area contributed by atoms with Crippen LogP contribution in [-0.2, 0) is 0 Å². The van der Waals surface area contributed by atoms with Gasteiger partial charge in [-0.1, -0.05) is 25.4 Å². The topological polar surface area (TPSA) is 21.3 Å². The van der Waals surface area contributed by atoms with E-state index in [1.807, 2.05) is 18.2 Å². The minimum Gasteiger partial charge on any atom is -0.488 e. The smallest absolute Gasteiger partial charge is 0.124 e. The summed E-state index contributed by atoms with van der Waals surface area (Å²) in [4.78, 5) is 0. The van der Waals surface area contributed by atoms with Gasteiger partial charge in [-0.25, -0.2) is 0 Å². The van der Waals surface area contributed by atoms with Crippen LogP contribution < -0.4 is 10.1 Å². The summed E-state index contributed by atoms with van der Waals surface area (Å²) in [6, 6.07) is 6.12. The Morgan fingerprint density at radius 2 is 2.20 bits per heavy atom. The van der Waals surface area contributed by atoms with Gasteiger partial charge in [0.05, 0.1) is 6.04 Å². The summed E-state index contributed by atoms with van der Waals surface area (Å²) in [7, 11) is 0. The average Bonchev–Trinajstić information content (AvgIpc) is 2.57. The third kappa shape index (κ3) is 1.97. The van der Waals surface area contributed by atoms with Crippen molar-refractivity contribution in [1.29, 1.82) is 0 Å². The second-order valence-corrected chi connectivity index (χ2v) is 4.22. The van der Waals surface area contributed by atoms with E-state index in [1.54, 1.807) is 0 Å². The van der Waals surface area contributed by atoms with Crippen molar-refractivity contribution in [3.05, 3.63) is 28.8 Å². The molecule has 2 rings (SSSR count). The van der Waals surface area contributed by atoms with Gasteiger partial charge < -0.3 is 10.1 Å². The van der Waals surface area contributed by atoms with E-state index in [1.165, 1.54) is 5.56 Å². The highest BCUT2D eigenvalue weighted by Crippen LogP contribution is 2.39. The first-order chi connectivity index (χ1) is 7.26. The molecule has 0 saturated carbocycles. The molecule has 0 saturated heterocycles. The molecule has 1 heterocycles.